The van der Waals surface area contributed by atoms with Gasteiger partial charge in [-0.15, -0.1) is 0 Å². The predicted molar refractivity (Wildman–Crippen MR) is 102 cm³/mol. The van der Waals surface area contributed by atoms with Gasteiger partial charge in [-0.1, -0.05) is 25.1 Å². The number of allylic oxidation sites excluding steroid dienone is 1. The highest BCUT2D eigenvalue weighted by Crippen LogP contribution is 2.42. The molecular formula is C22H23FN2. The summed E-state index contributed by atoms with van der Waals surface area (Å²) in [5.41, 5.74) is 4.97. The maximum Gasteiger partial charge on any atom is 0.123 e. The second-order valence-electron chi connectivity index (χ2n) is 7.47. The lowest BCUT2D eigenvalue weighted by Crippen LogP contribution is -2.45. The van der Waals surface area contributed by atoms with E-state index in [0.717, 1.165) is 17.5 Å². The molecule has 3 rings (SSSR count). The van der Waals surface area contributed by atoms with Crippen LogP contribution in [0.3, 0.4) is 0 Å². The molecular weight excluding hydrogens is 311 g/mol. The molecule has 0 saturated carbocycles. The van der Waals surface area contributed by atoms with Crippen LogP contribution in [-0.4, -0.2) is 12.6 Å². The normalized spacial score (nSPS) is 19.3. The van der Waals surface area contributed by atoms with Crippen LogP contribution >= 0.6 is 0 Å². The first-order chi connectivity index (χ1) is 11.8. The number of hydrogen-bond acceptors (Lipinski definition) is 2. The van der Waals surface area contributed by atoms with Gasteiger partial charge in [-0.05, 0) is 73.2 Å². The molecule has 2 aromatic rings. The molecule has 1 aliphatic heterocycles. The molecule has 0 saturated heterocycles. The number of rotatable bonds is 2. The standard InChI is InChI=1S/C22H23FN2/c1-15-13-22(2,3)25(4)21-10-5-16(12-20(15)21)11-18(14-24)17-6-8-19(23)9-7-17/h5-12,15H,13H2,1-4H3/b18-11-. The Morgan fingerprint density at radius 2 is 1.92 bits per heavy atom. The molecule has 1 atom stereocenters. The van der Waals surface area contributed by atoms with E-state index in [9.17, 15) is 9.65 Å². The largest absolute Gasteiger partial charge is 0.369 e. The van der Waals surface area contributed by atoms with Crippen LogP contribution in [0.4, 0.5) is 10.1 Å². The maximum absolute atomic E-state index is 13.1. The van der Waals surface area contributed by atoms with E-state index in [2.05, 4.69) is 50.9 Å². The molecule has 0 spiro atoms. The van der Waals surface area contributed by atoms with E-state index in [1.165, 1.54) is 23.4 Å². The van der Waals surface area contributed by atoms with Crippen molar-refractivity contribution in [2.75, 3.05) is 11.9 Å². The first-order valence-corrected chi connectivity index (χ1v) is 8.57. The molecule has 0 amide bonds. The summed E-state index contributed by atoms with van der Waals surface area (Å²) in [4.78, 5) is 2.33. The van der Waals surface area contributed by atoms with Crippen molar-refractivity contribution < 1.29 is 4.39 Å². The highest BCUT2D eigenvalue weighted by Gasteiger charge is 2.33. The van der Waals surface area contributed by atoms with Crippen LogP contribution in [0.2, 0.25) is 0 Å². The zero-order valence-corrected chi connectivity index (χ0v) is 15.2. The number of fused-ring (bicyclic) bond motifs is 1. The van der Waals surface area contributed by atoms with Crippen molar-refractivity contribution >= 4 is 17.3 Å². The van der Waals surface area contributed by atoms with Crippen LogP contribution in [0.15, 0.2) is 42.5 Å². The third-order valence-electron chi connectivity index (χ3n) is 5.24. The average molecular weight is 334 g/mol. The molecule has 25 heavy (non-hydrogen) atoms. The minimum absolute atomic E-state index is 0.135. The van der Waals surface area contributed by atoms with Gasteiger partial charge >= 0.3 is 0 Å². The van der Waals surface area contributed by atoms with Gasteiger partial charge in [0.1, 0.15) is 5.82 Å². The van der Waals surface area contributed by atoms with Crippen molar-refractivity contribution in [2.45, 2.75) is 38.6 Å². The van der Waals surface area contributed by atoms with Crippen molar-refractivity contribution in [3.63, 3.8) is 0 Å². The molecule has 0 fully saturated rings. The van der Waals surface area contributed by atoms with Gasteiger partial charge in [-0.3, -0.25) is 0 Å². The Balaban J connectivity index is 2.01. The number of anilines is 1. The topological polar surface area (TPSA) is 27.0 Å². The quantitative estimate of drug-likeness (QED) is 0.527. The summed E-state index contributed by atoms with van der Waals surface area (Å²) >= 11 is 0. The van der Waals surface area contributed by atoms with Crippen molar-refractivity contribution in [3.05, 3.63) is 65.0 Å². The molecule has 0 radical (unpaired) electrons. The third-order valence-corrected chi connectivity index (χ3v) is 5.24. The van der Waals surface area contributed by atoms with Gasteiger partial charge in [0.15, 0.2) is 0 Å². The van der Waals surface area contributed by atoms with Crippen molar-refractivity contribution in [3.8, 4) is 6.07 Å². The monoisotopic (exact) mass is 334 g/mol. The van der Waals surface area contributed by atoms with Gasteiger partial charge in [0.25, 0.3) is 0 Å². The molecule has 3 heteroatoms. The van der Waals surface area contributed by atoms with E-state index >= 15 is 0 Å². The smallest absolute Gasteiger partial charge is 0.123 e. The maximum atomic E-state index is 13.1. The molecule has 1 aliphatic rings. The lowest BCUT2D eigenvalue weighted by Gasteiger charge is -2.45. The number of benzene rings is 2. The highest BCUT2D eigenvalue weighted by molar-refractivity contribution is 5.90. The van der Waals surface area contributed by atoms with Gasteiger partial charge < -0.3 is 4.90 Å². The summed E-state index contributed by atoms with van der Waals surface area (Å²) in [6, 6.07) is 14.6. The van der Waals surface area contributed by atoms with Crippen LogP contribution in [0.1, 0.15) is 49.8 Å². The minimum Gasteiger partial charge on any atom is -0.369 e. The van der Waals surface area contributed by atoms with Crippen LogP contribution in [-0.2, 0) is 0 Å². The van der Waals surface area contributed by atoms with Gasteiger partial charge in [-0.2, -0.15) is 5.26 Å². The second-order valence-corrected chi connectivity index (χ2v) is 7.47. The summed E-state index contributed by atoms with van der Waals surface area (Å²) in [6.45, 7) is 6.79. The SMILES string of the molecule is CC1CC(C)(C)N(C)c2ccc(/C=C(/C#N)c3ccc(F)cc3)cc21. The fourth-order valence-corrected chi connectivity index (χ4v) is 3.66. The zero-order valence-electron chi connectivity index (χ0n) is 15.2. The van der Waals surface area contributed by atoms with Gasteiger partial charge in [0.05, 0.1) is 11.6 Å². The van der Waals surface area contributed by atoms with Crippen molar-refractivity contribution in [1.82, 2.24) is 0 Å². The Morgan fingerprint density at radius 3 is 2.56 bits per heavy atom. The van der Waals surface area contributed by atoms with Crippen LogP contribution < -0.4 is 4.90 Å². The summed E-state index contributed by atoms with van der Waals surface area (Å²) in [5.74, 6) is 0.167. The number of halogens is 1. The van der Waals surface area contributed by atoms with Gasteiger partial charge in [0.2, 0.25) is 0 Å². The fraction of sp³-hybridized carbons (Fsp3) is 0.318. The zero-order chi connectivity index (χ0) is 18.2. The Morgan fingerprint density at radius 1 is 1.24 bits per heavy atom. The molecule has 0 aliphatic carbocycles. The van der Waals surface area contributed by atoms with E-state index in [4.69, 9.17) is 0 Å². The van der Waals surface area contributed by atoms with E-state index in [1.54, 1.807) is 12.1 Å². The number of hydrogen-bond donors (Lipinski definition) is 0. The van der Waals surface area contributed by atoms with E-state index in [-0.39, 0.29) is 11.4 Å². The highest BCUT2D eigenvalue weighted by atomic mass is 19.1. The van der Waals surface area contributed by atoms with Gasteiger partial charge in [0, 0.05) is 18.3 Å². The van der Waals surface area contributed by atoms with E-state index in [0.29, 0.717) is 11.5 Å². The van der Waals surface area contributed by atoms with Gasteiger partial charge in [-0.25, -0.2) is 4.39 Å². The molecule has 0 aromatic heterocycles. The number of nitriles is 1. The molecule has 2 nitrogen and oxygen atoms in total. The van der Waals surface area contributed by atoms with Crippen LogP contribution in [0, 0.1) is 17.1 Å². The third kappa shape index (κ3) is 3.30. The molecule has 0 bridgehead atoms. The first-order valence-electron chi connectivity index (χ1n) is 8.57. The Labute approximate surface area is 149 Å². The molecule has 1 unspecified atom stereocenters. The Hall–Kier alpha value is -2.60. The molecule has 0 N–H and O–H groups in total. The number of nitrogens with zero attached hydrogens (tertiary/aromatic N) is 2. The van der Waals surface area contributed by atoms with E-state index < -0.39 is 0 Å². The fourth-order valence-electron chi connectivity index (χ4n) is 3.66. The molecule has 128 valence electrons. The van der Waals surface area contributed by atoms with E-state index in [1.807, 2.05) is 12.1 Å². The molecule has 1 heterocycles. The van der Waals surface area contributed by atoms with Crippen LogP contribution in [0.25, 0.3) is 11.6 Å². The second kappa shape index (κ2) is 6.37. The Bertz CT molecular complexity index is 857. The summed E-state index contributed by atoms with van der Waals surface area (Å²) < 4.78 is 13.1. The Kier molecular flexibility index (Phi) is 4.39. The predicted octanol–water partition coefficient (Wildman–Crippen LogP) is 5.61. The summed E-state index contributed by atoms with van der Waals surface area (Å²) in [6.07, 6.45) is 2.97. The molecule has 2 aromatic carbocycles. The summed E-state index contributed by atoms with van der Waals surface area (Å²) in [5, 5.41) is 9.49. The average Bonchev–Trinajstić information content (AvgIpc) is 2.58. The van der Waals surface area contributed by atoms with Crippen LogP contribution in [0.5, 0.6) is 0 Å². The van der Waals surface area contributed by atoms with Crippen molar-refractivity contribution in [2.24, 2.45) is 0 Å². The summed E-state index contributed by atoms with van der Waals surface area (Å²) in [7, 11) is 2.14. The first kappa shape index (κ1) is 17.2. The lowest BCUT2D eigenvalue weighted by atomic mass is 9.80. The lowest BCUT2D eigenvalue weighted by molar-refractivity contribution is 0.395. The van der Waals surface area contributed by atoms with Crippen molar-refractivity contribution in [1.29, 1.82) is 5.26 Å². The minimum atomic E-state index is -0.297.